The van der Waals surface area contributed by atoms with Crippen molar-refractivity contribution < 1.29 is 27.5 Å². The van der Waals surface area contributed by atoms with Crippen molar-refractivity contribution >= 4 is 33.4 Å². The molecule has 2 N–H and O–H groups in total. The molecule has 3 aromatic carbocycles. The number of nitrogens with one attached hydrogen (secondary N) is 1. The maximum absolute atomic E-state index is 13.2. The second-order valence-electron chi connectivity index (χ2n) is 11.6. The molecule has 228 valence electrons. The van der Waals surface area contributed by atoms with Crippen LogP contribution in [-0.4, -0.2) is 55.9 Å². The van der Waals surface area contributed by atoms with Gasteiger partial charge >= 0.3 is 5.97 Å². The van der Waals surface area contributed by atoms with Gasteiger partial charge in [-0.15, -0.1) is 0 Å². The summed E-state index contributed by atoms with van der Waals surface area (Å²) in [5.74, 6) is -0.916. The van der Waals surface area contributed by atoms with Crippen molar-refractivity contribution in [3.63, 3.8) is 0 Å². The van der Waals surface area contributed by atoms with E-state index >= 15 is 0 Å². The maximum Gasteiger partial charge on any atom is 0.303 e. The van der Waals surface area contributed by atoms with Gasteiger partial charge in [0.2, 0.25) is 10.0 Å². The Bertz CT molecular complexity index is 1580. The number of carboxylic acids is 1. The lowest BCUT2D eigenvalue weighted by Gasteiger charge is -2.28. The standard InChI is InChI=1S/C33H36ClFN2O5S/c34-27-4-9-30(10-5-27)43(41,42)36-29-8-11-31-25(3-12-33(39)40)17-22(18-26(31)20-29)13-15-37-16-14-23(21-37)19-32(38)24-1-6-28(35)7-2-24/h1-2,4-7,9-10,17-18,23,29,36H,3,8,11-16,19-21H2,(H,39,40). The molecular weight excluding hydrogens is 591 g/mol. The number of halogens is 2. The Kier molecular flexibility index (Phi) is 9.96. The maximum atomic E-state index is 13.2. The van der Waals surface area contributed by atoms with Gasteiger partial charge in [0.05, 0.1) is 4.90 Å². The Morgan fingerprint density at radius 2 is 1.77 bits per heavy atom. The van der Waals surface area contributed by atoms with Crippen molar-refractivity contribution in [3.8, 4) is 0 Å². The molecule has 0 saturated carbocycles. The molecule has 0 spiro atoms. The van der Waals surface area contributed by atoms with Crippen LogP contribution in [-0.2, 0) is 40.5 Å². The van der Waals surface area contributed by atoms with Gasteiger partial charge in [0.15, 0.2) is 5.78 Å². The average Bonchev–Trinajstić information content (AvgIpc) is 3.42. The topological polar surface area (TPSA) is 104 Å². The van der Waals surface area contributed by atoms with Gasteiger partial charge in [-0.3, -0.25) is 9.59 Å². The highest BCUT2D eigenvalue weighted by atomic mass is 35.5. The van der Waals surface area contributed by atoms with Gasteiger partial charge in [-0.2, -0.15) is 0 Å². The van der Waals surface area contributed by atoms with Gasteiger partial charge in [-0.05, 0) is 122 Å². The zero-order valence-electron chi connectivity index (χ0n) is 23.9. The first kappa shape index (κ1) is 31.3. The number of rotatable bonds is 12. The van der Waals surface area contributed by atoms with Crippen LogP contribution in [0.4, 0.5) is 4.39 Å². The number of ketones is 1. The molecule has 5 rings (SSSR count). The van der Waals surface area contributed by atoms with E-state index in [0.717, 1.165) is 54.7 Å². The zero-order valence-corrected chi connectivity index (χ0v) is 25.5. The quantitative estimate of drug-likeness (QED) is 0.259. The van der Waals surface area contributed by atoms with Crippen LogP contribution in [0.3, 0.4) is 0 Å². The first-order valence-electron chi connectivity index (χ1n) is 14.7. The Labute approximate surface area is 257 Å². The van der Waals surface area contributed by atoms with E-state index in [1.807, 2.05) is 0 Å². The lowest BCUT2D eigenvalue weighted by Crippen LogP contribution is -2.39. The zero-order chi connectivity index (χ0) is 30.6. The smallest absolute Gasteiger partial charge is 0.303 e. The number of hydrogen-bond acceptors (Lipinski definition) is 5. The third-order valence-corrected chi connectivity index (χ3v) is 10.3. The third kappa shape index (κ3) is 8.29. The van der Waals surface area contributed by atoms with Crippen molar-refractivity contribution in [2.75, 3.05) is 19.6 Å². The summed E-state index contributed by atoms with van der Waals surface area (Å²) in [4.78, 5) is 26.5. The number of fused-ring (bicyclic) bond motifs is 1. The van der Waals surface area contributed by atoms with E-state index in [2.05, 4.69) is 21.8 Å². The van der Waals surface area contributed by atoms with Gasteiger partial charge in [-0.1, -0.05) is 23.7 Å². The lowest BCUT2D eigenvalue weighted by atomic mass is 9.83. The SMILES string of the molecule is O=C(O)CCc1cc(CCN2CCC(CC(=O)c3ccc(F)cc3)C2)cc2c1CCC(NS(=O)(=O)c1ccc(Cl)cc1)C2. The number of nitrogens with zero attached hydrogens (tertiary/aromatic N) is 1. The van der Waals surface area contributed by atoms with Gasteiger partial charge in [-0.25, -0.2) is 17.5 Å². The normalized spacial score (nSPS) is 18.8. The first-order chi connectivity index (χ1) is 20.6. The van der Waals surface area contributed by atoms with Gasteiger partial charge < -0.3 is 10.0 Å². The minimum atomic E-state index is -3.71. The number of carboxylic acid groups (broad SMARTS) is 1. The molecule has 10 heteroatoms. The van der Waals surface area contributed by atoms with Crippen LogP contribution in [0.2, 0.25) is 5.02 Å². The second-order valence-corrected chi connectivity index (χ2v) is 13.8. The van der Waals surface area contributed by atoms with Crippen LogP contribution in [0, 0.1) is 11.7 Å². The molecule has 1 fully saturated rings. The highest BCUT2D eigenvalue weighted by Crippen LogP contribution is 2.29. The number of Topliss-reactive ketones (excluding diaryl/α,β-unsaturated/α-hetero) is 1. The molecule has 7 nitrogen and oxygen atoms in total. The van der Waals surface area contributed by atoms with E-state index in [1.54, 1.807) is 12.1 Å². The predicted molar refractivity (Wildman–Crippen MR) is 164 cm³/mol. The lowest BCUT2D eigenvalue weighted by molar-refractivity contribution is -0.136. The van der Waals surface area contributed by atoms with E-state index in [4.69, 9.17) is 11.6 Å². The minimum absolute atomic E-state index is 0.0332. The minimum Gasteiger partial charge on any atom is -0.481 e. The van der Waals surface area contributed by atoms with Crippen molar-refractivity contribution in [2.45, 2.75) is 62.3 Å². The fraction of sp³-hybridized carbons (Fsp3) is 0.394. The summed E-state index contributed by atoms with van der Waals surface area (Å²) in [7, 11) is -3.71. The van der Waals surface area contributed by atoms with Gasteiger partial charge in [0, 0.05) is 42.6 Å². The van der Waals surface area contributed by atoms with Crippen LogP contribution in [0.5, 0.6) is 0 Å². The second kappa shape index (κ2) is 13.7. The molecule has 1 heterocycles. The van der Waals surface area contributed by atoms with E-state index < -0.39 is 16.0 Å². The molecule has 2 unspecified atom stereocenters. The molecule has 0 radical (unpaired) electrons. The fourth-order valence-corrected chi connectivity index (χ4v) is 7.65. The summed E-state index contributed by atoms with van der Waals surface area (Å²) in [5, 5.41) is 9.80. The summed E-state index contributed by atoms with van der Waals surface area (Å²) in [6.45, 7) is 2.52. The summed E-state index contributed by atoms with van der Waals surface area (Å²) in [5.41, 5.74) is 4.87. The molecule has 0 bridgehead atoms. The number of carbonyl (C=O) groups excluding carboxylic acids is 1. The molecule has 2 aliphatic rings. The Hall–Kier alpha value is -3.11. The number of likely N-dealkylation sites (tertiary alicyclic amines) is 1. The Morgan fingerprint density at radius 3 is 2.49 bits per heavy atom. The van der Waals surface area contributed by atoms with Gasteiger partial charge in [0.25, 0.3) is 0 Å². The molecule has 2 atom stereocenters. The number of benzene rings is 3. The third-order valence-electron chi connectivity index (χ3n) is 8.48. The molecular formula is C33H36ClFN2O5S. The number of aliphatic carboxylic acids is 1. The van der Waals surface area contributed by atoms with Crippen LogP contribution in [0.15, 0.2) is 65.6 Å². The number of sulfonamides is 1. The molecule has 1 saturated heterocycles. The molecule has 0 aromatic heterocycles. The Balaban J connectivity index is 1.23. The molecule has 3 aromatic rings. The monoisotopic (exact) mass is 626 g/mol. The van der Waals surface area contributed by atoms with Crippen molar-refractivity contribution in [1.29, 1.82) is 0 Å². The molecule has 1 aliphatic heterocycles. The number of hydrogen-bond donors (Lipinski definition) is 2. The van der Waals surface area contributed by atoms with E-state index in [0.29, 0.717) is 42.7 Å². The van der Waals surface area contributed by atoms with Crippen LogP contribution >= 0.6 is 11.6 Å². The molecule has 43 heavy (non-hydrogen) atoms. The Morgan fingerprint density at radius 1 is 1.02 bits per heavy atom. The predicted octanol–water partition coefficient (Wildman–Crippen LogP) is 5.47. The van der Waals surface area contributed by atoms with Gasteiger partial charge in [0.1, 0.15) is 5.82 Å². The van der Waals surface area contributed by atoms with Crippen molar-refractivity contribution in [2.24, 2.45) is 5.92 Å². The highest BCUT2D eigenvalue weighted by Gasteiger charge is 2.28. The van der Waals surface area contributed by atoms with Crippen LogP contribution in [0.25, 0.3) is 0 Å². The summed E-state index contributed by atoms with van der Waals surface area (Å²) in [6, 6.07) is 15.8. The fourth-order valence-electron chi connectivity index (χ4n) is 6.26. The van der Waals surface area contributed by atoms with Crippen LogP contribution < -0.4 is 4.72 Å². The molecule has 0 amide bonds. The van der Waals surface area contributed by atoms with E-state index in [-0.39, 0.29) is 34.9 Å². The van der Waals surface area contributed by atoms with Crippen molar-refractivity contribution in [1.82, 2.24) is 9.62 Å². The average molecular weight is 627 g/mol. The number of aryl methyl sites for hydroxylation is 1. The largest absolute Gasteiger partial charge is 0.481 e. The molecule has 1 aliphatic carbocycles. The van der Waals surface area contributed by atoms with E-state index in [1.165, 1.54) is 36.4 Å². The highest BCUT2D eigenvalue weighted by molar-refractivity contribution is 7.89. The van der Waals surface area contributed by atoms with Crippen molar-refractivity contribution in [3.05, 3.63) is 99.3 Å². The summed E-state index contributed by atoms with van der Waals surface area (Å²) >= 11 is 5.93. The summed E-state index contributed by atoms with van der Waals surface area (Å²) < 4.78 is 42.1. The first-order valence-corrected chi connectivity index (χ1v) is 16.6. The van der Waals surface area contributed by atoms with Crippen LogP contribution in [0.1, 0.15) is 58.3 Å². The summed E-state index contributed by atoms with van der Waals surface area (Å²) in [6.07, 6.45) is 4.45. The number of carbonyl (C=O) groups is 2. The van der Waals surface area contributed by atoms with E-state index in [9.17, 15) is 27.5 Å².